The van der Waals surface area contributed by atoms with E-state index in [1.807, 2.05) is 0 Å². The number of aryl methyl sites for hydroxylation is 1. The molecule has 0 unspecified atom stereocenters. The maximum Gasteiger partial charge on any atom is -0.0224 e. The molecule has 2 rings (SSSR count). The largest absolute Gasteiger partial charge is 0.0842 e. The summed E-state index contributed by atoms with van der Waals surface area (Å²) in [5, 5.41) is 0. The van der Waals surface area contributed by atoms with Crippen LogP contribution in [0.4, 0.5) is 0 Å². The molecule has 1 aliphatic carbocycles. The van der Waals surface area contributed by atoms with Gasteiger partial charge in [-0.2, -0.15) is 0 Å². The Morgan fingerprint density at radius 3 is 2.50 bits per heavy atom. The summed E-state index contributed by atoms with van der Waals surface area (Å²) in [7, 11) is 0. The summed E-state index contributed by atoms with van der Waals surface area (Å²) >= 11 is 0. The van der Waals surface area contributed by atoms with Gasteiger partial charge >= 0.3 is 0 Å². The Morgan fingerprint density at radius 1 is 1.14 bits per heavy atom. The molecule has 72 valence electrons. The molecule has 0 nitrogen and oxygen atoms in total. The molecule has 0 aliphatic heterocycles. The molecule has 0 fully saturated rings. The highest BCUT2D eigenvalue weighted by atomic mass is 14.1. The molecule has 0 spiro atoms. The van der Waals surface area contributed by atoms with Crippen molar-refractivity contribution in [3.05, 3.63) is 53.6 Å². The molecule has 1 aromatic rings. The van der Waals surface area contributed by atoms with Crippen LogP contribution in [0.2, 0.25) is 0 Å². The van der Waals surface area contributed by atoms with Gasteiger partial charge in [-0.1, -0.05) is 49.4 Å². The Kier molecular flexibility index (Phi) is 2.83. The second-order valence-electron chi connectivity index (χ2n) is 3.71. The number of allylic oxidation sites excluding steroid dienone is 4. The zero-order valence-corrected chi connectivity index (χ0v) is 8.66. The van der Waals surface area contributed by atoms with Crippen molar-refractivity contribution in [1.82, 2.24) is 0 Å². The molecule has 0 saturated carbocycles. The lowest BCUT2D eigenvalue weighted by Crippen LogP contribution is -1.88. The molecule has 0 N–H and O–H groups in total. The van der Waals surface area contributed by atoms with Crippen molar-refractivity contribution in [1.29, 1.82) is 0 Å². The number of hydrogen-bond acceptors (Lipinski definition) is 0. The van der Waals surface area contributed by atoms with Crippen LogP contribution in [0.15, 0.2) is 42.5 Å². The van der Waals surface area contributed by atoms with Crippen LogP contribution < -0.4 is 0 Å². The third-order valence-electron chi connectivity index (χ3n) is 2.75. The average Bonchev–Trinajstić information content (AvgIpc) is 2.30. The number of benzene rings is 1. The summed E-state index contributed by atoms with van der Waals surface area (Å²) in [5.74, 6) is 0. The highest BCUT2D eigenvalue weighted by Crippen LogP contribution is 2.23. The van der Waals surface area contributed by atoms with Gasteiger partial charge in [0.2, 0.25) is 0 Å². The highest BCUT2D eigenvalue weighted by molar-refractivity contribution is 5.68. The molecule has 0 saturated heterocycles. The van der Waals surface area contributed by atoms with Crippen molar-refractivity contribution in [3.63, 3.8) is 0 Å². The Balaban J connectivity index is 2.24. The molecular formula is C14H16. The molecule has 14 heavy (non-hydrogen) atoms. The van der Waals surface area contributed by atoms with E-state index in [0.717, 1.165) is 6.42 Å². The van der Waals surface area contributed by atoms with E-state index >= 15 is 0 Å². The van der Waals surface area contributed by atoms with Crippen LogP contribution in [0, 0.1) is 0 Å². The lowest BCUT2D eigenvalue weighted by atomic mass is 9.96. The quantitative estimate of drug-likeness (QED) is 0.652. The first kappa shape index (κ1) is 9.26. The fourth-order valence-electron chi connectivity index (χ4n) is 1.80. The molecule has 0 amide bonds. The number of hydrogen-bond donors (Lipinski definition) is 0. The minimum absolute atomic E-state index is 1.12. The van der Waals surface area contributed by atoms with Crippen molar-refractivity contribution < 1.29 is 0 Å². The van der Waals surface area contributed by atoms with Gasteiger partial charge in [-0.3, -0.25) is 0 Å². The summed E-state index contributed by atoms with van der Waals surface area (Å²) in [5.41, 5.74) is 4.27. The van der Waals surface area contributed by atoms with E-state index in [9.17, 15) is 0 Å². The third kappa shape index (κ3) is 1.95. The van der Waals surface area contributed by atoms with Crippen LogP contribution in [0.1, 0.15) is 30.9 Å². The number of rotatable bonds is 2. The zero-order chi connectivity index (χ0) is 9.80. The summed E-state index contributed by atoms with van der Waals surface area (Å²) < 4.78 is 0. The highest BCUT2D eigenvalue weighted by Gasteiger charge is 2.02. The Morgan fingerprint density at radius 2 is 1.93 bits per heavy atom. The first-order valence-corrected chi connectivity index (χ1v) is 5.35. The van der Waals surface area contributed by atoms with E-state index in [2.05, 4.69) is 49.4 Å². The van der Waals surface area contributed by atoms with Gasteiger partial charge in [0.1, 0.15) is 0 Å². The molecule has 0 heteroatoms. The Bertz CT molecular complexity index is 352. The first-order valence-electron chi connectivity index (χ1n) is 5.35. The van der Waals surface area contributed by atoms with Gasteiger partial charge in [-0.25, -0.2) is 0 Å². The van der Waals surface area contributed by atoms with E-state index in [1.54, 1.807) is 0 Å². The molecule has 0 heterocycles. The van der Waals surface area contributed by atoms with Gasteiger partial charge in [-0.15, -0.1) is 0 Å². The van der Waals surface area contributed by atoms with Crippen LogP contribution in [-0.4, -0.2) is 0 Å². The second-order valence-corrected chi connectivity index (χ2v) is 3.71. The van der Waals surface area contributed by atoms with Crippen LogP contribution in [0.25, 0.3) is 5.57 Å². The lowest BCUT2D eigenvalue weighted by molar-refractivity contribution is 1.05. The first-order chi connectivity index (χ1) is 6.90. The maximum atomic E-state index is 2.24. The van der Waals surface area contributed by atoms with E-state index in [4.69, 9.17) is 0 Å². The molecule has 0 radical (unpaired) electrons. The monoisotopic (exact) mass is 184 g/mol. The van der Waals surface area contributed by atoms with Crippen molar-refractivity contribution in [2.24, 2.45) is 0 Å². The van der Waals surface area contributed by atoms with E-state index in [0.29, 0.717) is 0 Å². The summed E-state index contributed by atoms with van der Waals surface area (Å²) in [6.45, 7) is 2.19. The minimum atomic E-state index is 1.12. The standard InChI is InChI=1S/C14H16/c1-2-12-8-10-14(11-9-12)13-6-4-3-5-7-13/h3-4,6,8-11H,2,5,7H2,1H3. The van der Waals surface area contributed by atoms with Gasteiger partial charge in [0.05, 0.1) is 0 Å². The van der Waals surface area contributed by atoms with Gasteiger partial charge in [-0.05, 0) is 36.0 Å². The molecule has 1 aliphatic rings. The van der Waals surface area contributed by atoms with Crippen LogP contribution in [0.5, 0.6) is 0 Å². The van der Waals surface area contributed by atoms with Crippen molar-refractivity contribution in [2.75, 3.05) is 0 Å². The predicted molar refractivity (Wildman–Crippen MR) is 62.2 cm³/mol. The molecule has 0 bridgehead atoms. The molecule has 1 aromatic carbocycles. The Labute approximate surface area is 86.0 Å². The van der Waals surface area contributed by atoms with Crippen molar-refractivity contribution >= 4 is 5.57 Å². The van der Waals surface area contributed by atoms with E-state index in [-0.39, 0.29) is 0 Å². The molecular weight excluding hydrogens is 168 g/mol. The summed E-state index contributed by atoms with van der Waals surface area (Å²) in [4.78, 5) is 0. The smallest absolute Gasteiger partial charge is 0.0224 e. The second kappa shape index (κ2) is 4.28. The average molecular weight is 184 g/mol. The zero-order valence-electron chi connectivity index (χ0n) is 8.66. The van der Waals surface area contributed by atoms with Gasteiger partial charge in [0.25, 0.3) is 0 Å². The minimum Gasteiger partial charge on any atom is -0.0842 e. The summed E-state index contributed by atoms with van der Waals surface area (Å²) in [6, 6.07) is 8.94. The predicted octanol–water partition coefficient (Wildman–Crippen LogP) is 3.98. The Hall–Kier alpha value is -1.30. The maximum absolute atomic E-state index is 2.24. The lowest BCUT2D eigenvalue weighted by Gasteiger charge is -2.09. The molecule has 0 aromatic heterocycles. The van der Waals surface area contributed by atoms with Crippen LogP contribution in [0.3, 0.4) is 0 Å². The SMILES string of the molecule is CCc1ccc(C2=CC=CCC2)cc1. The third-order valence-corrected chi connectivity index (χ3v) is 2.75. The van der Waals surface area contributed by atoms with Gasteiger partial charge in [0, 0.05) is 0 Å². The van der Waals surface area contributed by atoms with E-state index < -0.39 is 0 Å². The fraction of sp³-hybridized carbons (Fsp3) is 0.286. The van der Waals surface area contributed by atoms with Crippen LogP contribution >= 0.6 is 0 Å². The normalized spacial score (nSPS) is 15.4. The fourth-order valence-corrected chi connectivity index (χ4v) is 1.80. The molecule has 0 atom stereocenters. The van der Waals surface area contributed by atoms with Crippen molar-refractivity contribution in [2.45, 2.75) is 26.2 Å². The summed E-state index contributed by atoms with van der Waals surface area (Å²) in [6.07, 6.45) is 10.1. The van der Waals surface area contributed by atoms with Gasteiger partial charge < -0.3 is 0 Å². The van der Waals surface area contributed by atoms with Crippen LogP contribution in [-0.2, 0) is 6.42 Å². The topological polar surface area (TPSA) is 0 Å². The van der Waals surface area contributed by atoms with Crippen molar-refractivity contribution in [3.8, 4) is 0 Å². The van der Waals surface area contributed by atoms with E-state index in [1.165, 1.54) is 29.5 Å². The van der Waals surface area contributed by atoms with Gasteiger partial charge in [0.15, 0.2) is 0 Å².